The van der Waals surface area contributed by atoms with Gasteiger partial charge in [-0.2, -0.15) is 21.9 Å². The number of hydrogen-bond donors (Lipinski definition) is 0. The standard InChI is InChI=1S/C24H20B.2Na.2H/c1-5-13-21(14-6-1)25(22-15-7-2-8-16-22,23-17-9-3-10-18-23)24-19-11-4-12-20-24;;;;/h1-20H;;;;/q-1;2*+1;2*-1. The summed E-state index contributed by atoms with van der Waals surface area (Å²) in [6, 6.07) is 43.5. The van der Waals surface area contributed by atoms with Crippen LogP contribution in [0, 0.1) is 0 Å². The molecule has 0 nitrogen and oxygen atoms in total. The summed E-state index contributed by atoms with van der Waals surface area (Å²) < 4.78 is 0. The minimum Gasteiger partial charge on any atom is -1.00 e. The summed E-state index contributed by atoms with van der Waals surface area (Å²) in [5.41, 5.74) is 5.36. The molecule has 0 unspecified atom stereocenters. The monoisotopic (exact) mass is 367 g/mol. The van der Waals surface area contributed by atoms with Crippen LogP contribution in [0.2, 0.25) is 0 Å². The third kappa shape index (κ3) is 4.35. The smallest absolute Gasteiger partial charge is 1.00 e. The van der Waals surface area contributed by atoms with Gasteiger partial charge in [-0.1, -0.05) is 121 Å². The Balaban J connectivity index is 0.00000196. The first-order valence-electron chi connectivity index (χ1n) is 8.80. The molecule has 0 radical (unpaired) electrons. The van der Waals surface area contributed by atoms with Crippen LogP contribution in [0.1, 0.15) is 2.85 Å². The van der Waals surface area contributed by atoms with Gasteiger partial charge in [-0.3, -0.25) is 0 Å². The van der Waals surface area contributed by atoms with Crippen molar-refractivity contribution in [2.45, 2.75) is 0 Å². The van der Waals surface area contributed by atoms with Crippen molar-refractivity contribution < 1.29 is 62.0 Å². The van der Waals surface area contributed by atoms with Gasteiger partial charge in [-0.15, -0.1) is 0 Å². The Kier molecular flexibility index (Phi) is 8.63. The minimum absolute atomic E-state index is 0. The largest absolute Gasteiger partial charge is 1.00 e. The molecule has 0 bridgehead atoms. The van der Waals surface area contributed by atoms with E-state index in [1.165, 1.54) is 21.9 Å². The van der Waals surface area contributed by atoms with Crippen LogP contribution in [-0.4, -0.2) is 6.15 Å². The maximum atomic E-state index is 2.26. The molecule has 0 heterocycles. The molecular weight excluding hydrogens is 345 g/mol. The fourth-order valence-corrected chi connectivity index (χ4v) is 4.12. The molecule has 0 amide bonds. The zero-order valence-corrected chi connectivity index (χ0v) is 20.1. The third-order valence-electron chi connectivity index (χ3n) is 5.20. The van der Waals surface area contributed by atoms with Crippen molar-refractivity contribution in [2.75, 3.05) is 0 Å². The van der Waals surface area contributed by atoms with Crippen LogP contribution in [0.25, 0.3) is 0 Å². The van der Waals surface area contributed by atoms with Gasteiger partial charge in [0.05, 0.1) is 0 Å². The summed E-state index contributed by atoms with van der Waals surface area (Å²) in [5, 5.41) is 0. The van der Waals surface area contributed by atoms with E-state index in [0.29, 0.717) is 0 Å². The molecule has 4 aromatic rings. The molecule has 27 heavy (non-hydrogen) atoms. The molecule has 124 valence electrons. The molecule has 0 fully saturated rings. The van der Waals surface area contributed by atoms with Gasteiger partial charge in [-0.05, 0) is 0 Å². The van der Waals surface area contributed by atoms with Gasteiger partial charge in [0.25, 0.3) is 0 Å². The third-order valence-corrected chi connectivity index (χ3v) is 5.20. The number of rotatable bonds is 4. The second-order valence-corrected chi connectivity index (χ2v) is 6.51. The second-order valence-electron chi connectivity index (χ2n) is 6.51. The molecule has 0 saturated heterocycles. The molecule has 4 aromatic carbocycles. The summed E-state index contributed by atoms with van der Waals surface area (Å²) in [4.78, 5) is 0. The van der Waals surface area contributed by atoms with Crippen LogP contribution in [-0.2, 0) is 0 Å². The van der Waals surface area contributed by atoms with Crippen molar-refractivity contribution in [1.29, 1.82) is 0 Å². The fraction of sp³-hybridized carbons (Fsp3) is 0. The predicted molar refractivity (Wildman–Crippen MR) is 112 cm³/mol. The molecular formula is C24H22BNa2-. The number of hydrogen-bond acceptors (Lipinski definition) is 0. The Labute approximate surface area is 209 Å². The van der Waals surface area contributed by atoms with Crippen LogP contribution < -0.4 is 81.0 Å². The zero-order valence-electron chi connectivity index (χ0n) is 18.1. The van der Waals surface area contributed by atoms with Gasteiger partial charge in [0.15, 0.2) is 0 Å². The Morgan fingerprint density at radius 1 is 0.333 bits per heavy atom. The molecule has 0 spiro atoms. The van der Waals surface area contributed by atoms with Crippen molar-refractivity contribution in [3.8, 4) is 0 Å². The molecule has 0 aliphatic heterocycles. The SMILES string of the molecule is [H-].[H-].[Na+].[Na+].c1ccc([B-](c2ccccc2)(c2ccccc2)c2ccccc2)cc1. The van der Waals surface area contributed by atoms with Crippen molar-refractivity contribution in [3.05, 3.63) is 121 Å². The van der Waals surface area contributed by atoms with Crippen molar-refractivity contribution in [1.82, 2.24) is 0 Å². The van der Waals surface area contributed by atoms with E-state index in [4.69, 9.17) is 0 Å². The van der Waals surface area contributed by atoms with E-state index in [0.717, 1.165) is 0 Å². The average Bonchev–Trinajstić information content (AvgIpc) is 2.72. The maximum Gasteiger partial charge on any atom is 1.00 e. The first-order valence-corrected chi connectivity index (χ1v) is 8.80. The number of benzene rings is 4. The Morgan fingerprint density at radius 2 is 0.519 bits per heavy atom. The van der Waals surface area contributed by atoms with E-state index in [9.17, 15) is 0 Å². The van der Waals surface area contributed by atoms with E-state index in [2.05, 4.69) is 121 Å². The Bertz CT molecular complexity index is 774. The van der Waals surface area contributed by atoms with Crippen LogP contribution >= 0.6 is 0 Å². The van der Waals surface area contributed by atoms with E-state index >= 15 is 0 Å². The molecule has 0 atom stereocenters. The van der Waals surface area contributed by atoms with Crippen molar-refractivity contribution in [2.24, 2.45) is 0 Å². The zero-order chi connectivity index (χ0) is 17.0. The normalized spacial score (nSPS) is 10.4. The van der Waals surface area contributed by atoms with Crippen LogP contribution in [0.15, 0.2) is 121 Å². The molecule has 0 aromatic heterocycles. The van der Waals surface area contributed by atoms with Gasteiger partial charge in [0.1, 0.15) is 6.15 Å². The van der Waals surface area contributed by atoms with Crippen LogP contribution in [0.3, 0.4) is 0 Å². The molecule has 0 N–H and O–H groups in total. The van der Waals surface area contributed by atoms with Crippen LogP contribution in [0.5, 0.6) is 0 Å². The maximum absolute atomic E-state index is 2.26. The Hall–Kier alpha value is -1.06. The van der Waals surface area contributed by atoms with E-state index in [1.807, 2.05) is 0 Å². The van der Waals surface area contributed by atoms with Gasteiger partial charge >= 0.3 is 59.1 Å². The summed E-state index contributed by atoms with van der Waals surface area (Å²) in [6.45, 7) is 0. The topological polar surface area (TPSA) is 0 Å². The van der Waals surface area contributed by atoms with Crippen LogP contribution in [0.4, 0.5) is 0 Å². The summed E-state index contributed by atoms with van der Waals surface area (Å²) in [5.74, 6) is 0. The Morgan fingerprint density at radius 3 is 0.704 bits per heavy atom. The van der Waals surface area contributed by atoms with Gasteiger partial charge in [0, 0.05) is 0 Å². The summed E-state index contributed by atoms with van der Waals surface area (Å²) >= 11 is 0. The average molecular weight is 367 g/mol. The molecule has 3 heteroatoms. The van der Waals surface area contributed by atoms with Crippen molar-refractivity contribution >= 4 is 28.0 Å². The fourth-order valence-electron chi connectivity index (χ4n) is 4.12. The van der Waals surface area contributed by atoms with Gasteiger partial charge < -0.3 is 2.85 Å². The molecule has 4 rings (SSSR count). The van der Waals surface area contributed by atoms with E-state index in [-0.39, 0.29) is 62.0 Å². The quantitative estimate of drug-likeness (QED) is 0.345. The van der Waals surface area contributed by atoms with E-state index in [1.54, 1.807) is 0 Å². The van der Waals surface area contributed by atoms with E-state index < -0.39 is 6.15 Å². The first kappa shape index (κ1) is 22.2. The second kappa shape index (κ2) is 10.5. The summed E-state index contributed by atoms with van der Waals surface area (Å²) in [7, 11) is 0. The van der Waals surface area contributed by atoms with Crippen molar-refractivity contribution in [3.63, 3.8) is 0 Å². The predicted octanol–water partition coefficient (Wildman–Crippen LogP) is -2.70. The molecule has 0 aliphatic carbocycles. The van der Waals surface area contributed by atoms with Gasteiger partial charge in [-0.25, -0.2) is 0 Å². The first-order chi connectivity index (χ1) is 12.4. The molecule has 0 aliphatic rings. The summed E-state index contributed by atoms with van der Waals surface area (Å²) in [6.07, 6.45) is -1.22. The van der Waals surface area contributed by atoms with Gasteiger partial charge in [0.2, 0.25) is 0 Å². The molecule has 0 saturated carbocycles. The minimum atomic E-state index is -1.22.